The van der Waals surface area contributed by atoms with Gasteiger partial charge in [-0.25, -0.2) is 4.39 Å². The molecular formula is C30H41FN2O10. The average molecular weight is 609 g/mol. The highest BCUT2D eigenvalue weighted by Crippen LogP contribution is 2.70. The molecule has 3 fully saturated rings. The van der Waals surface area contributed by atoms with E-state index in [0.717, 1.165) is 0 Å². The second-order valence-corrected chi connectivity index (χ2v) is 12.9. The number of carbonyl (C=O) groups is 4. The van der Waals surface area contributed by atoms with Crippen LogP contribution in [0.15, 0.2) is 23.8 Å². The summed E-state index contributed by atoms with van der Waals surface area (Å²) in [6.45, 7) is 3.80. The van der Waals surface area contributed by atoms with E-state index in [1.807, 2.05) is 0 Å². The van der Waals surface area contributed by atoms with Gasteiger partial charge in [0.05, 0.1) is 12.7 Å². The SMILES string of the molecule is C[C@H]1C[C@H]2[C@@H]3CCC4=CC(=O)C=C[C@]4(C)[C@@]3(F)[C@@H](O)C[C@]2(C)[C@@]1(O)C(=O)COC(=O)CNC(=O)CCCCCO[N+](=O)[O-]. The largest absolute Gasteiger partial charge is 0.456 e. The molecule has 12 nitrogen and oxygen atoms in total. The molecule has 3 N–H and O–H groups in total. The van der Waals surface area contributed by atoms with Crippen molar-refractivity contribution in [3.8, 4) is 0 Å². The third kappa shape index (κ3) is 5.50. The van der Waals surface area contributed by atoms with Gasteiger partial charge >= 0.3 is 5.97 Å². The van der Waals surface area contributed by atoms with E-state index in [0.29, 0.717) is 44.1 Å². The number of amides is 1. The normalized spacial score (nSPS) is 37.8. The Kier molecular flexibility index (Phi) is 9.18. The lowest BCUT2D eigenvalue weighted by molar-refractivity contribution is -0.757. The van der Waals surface area contributed by atoms with Gasteiger partial charge in [0, 0.05) is 23.2 Å². The Balaban J connectivity index is 1.36. The highest BCUT2D eigenvalue weighted by atomic mass is 19.1. The Hall–Kier alpha value is -3.19. The first-order chi connectivity index (χ1) is 20.1. The van der Waals surface area contributed by atoms with E-state index in [9.17, 15) is 39.5 Å². The lowest BCUT2D eigenvalue weighted by Gasteiger charge is -2.62. The fraction of sp³-hybridized carbons (Fsp3) is 0.733. The molecule has 0 aliphatic heterocycles. The van der Waals surface area contributed by atoms with E-state index in [1.165, 1.54) is 12.2 Å². The molecule has 13 heteroatoms. The lowest BCUT2D eigenvalue weighted by Crippen LogP contribution is -2.69. The second-order valence-electron chi connectivity index (χ2n) is 12.9. The molecule has 0 heterocycles. The summed E-state index contributed by atoms with van der Waals surface area (Å²) in [6.07, 6.45) is 5.21. The van der Waals surface area contributed by atoms with Gasteiger partial charge < -0.3 is 25.1 Å². The first-order valence-electron chi connectivity index (χ1n) is 14.9. The van der Waals surface area contributed by atoms with Crippen LogP contribution in [0.5, 0.6) is 0 Å². The van der Waals surface area contributed by atoms with Gasteiger partial charge in [-0.2, -0.15) is 0 Å². The number of nitrogens with one attached hydrogen (secondary N) is 1. The number of alkyl halides is 1. The molecule has 0 unspecified atom stereocenters. The Bertz CT molecular complexity index is 1240. The first kappa shape index (κ1) is 32.7. The van der Waals surface area contributed by atoms with Crippen molar-refractivity contribution in [1.29, 1.82) is 0 Å². The van der Waals surface area contributed by atoms with Crippen LogP contribution in [0.25, 0.3) is 0 Å². The number of ether oxygens (including phenoxy) is 1. The van der Waals surface area contributed by atoms with Gasteiger partial charge in [0.2, 0.25) is 11.7 Å². The fourth-order valence-corrected chi connectivity index (χ4v) is 8.41. The summed E-state index contributed by atoms with van der Waals surface area (Å²) in [6, 6.07) is 0. The molecule has 238 valence electrons. The topological polar surface area (TPSA) is 182 Å². The maximum Gasteiger partial charge on any atom is 0.325 e. The molecule has 4 aliphatic rings. The minimum atomic E-state index is -2.10. The summed E-state index contributed by atoms with van der Waals surface area (Å²) < 4.78 is 22.4. The number of ketones is 2. The van der Waals surface area contributed by atoms with Crippen LogP contribution in [-0.2, 0) is 28.8 Å². The molecule has 0 bridgehead atoms. The first-order valence-corrected chi connectivity index (χ1v) is 14.9. The van der Waals surface area contributed by atoms with E-state index >= 15 is 4.39 Å². The van der Waals surface area contributed by atoms with Crippen molar-refractivity contribution in [2.75, 3.05) is 19.8 Å². The van der Waals surface area contributed by atoms with Crippen molar-refractivity contribution in [1.82, 2.24) is 5.32 Å². The number of esters is 1. The smallest absolute Gasteiger partial charge is 0.325 e. The van der Waals surface area contributed by atoms with Crippen molar-refractivity contribution >= 4 is 23.4 Å². The van der Waals surface area contributed by atoms with Gasteiger partial charge in [-0.1, -0.05) is 31.9 Å². The number of rotatable bonds is 12. The maximum absolute atomic E-state index is 17.3. The average Bonchev–Trinajstić information content (AvgIpc) is 3.14. The zero-order valence-electron chi connectivity index (χ0n) is 24.8. The molecule has 0 radical (unpaired) electrons. The molecule has 43 heavy (non-hydrogen) atoms. The molecule has 0 spiro atoms. The van der Waals surface area contributed by atoms with Crippen LogP contribution in [-0.4, -0.2) is 75.9 Å². The number of allylic oxidation sites excluding steroid dienone is 4. The maximum atomic E-state index is 17.3. The number of carbonyl (C=O) groups excluding carboxylic acids is 4. The van der Waals surface area contributed by atoms with Crippen LogP contribution in [0.2, 0.25) is 0 Å². The minimum absolute atomic E-state index is 0.0643. The molecular weight excluding hydrogens is 567 g/mol. The number of hydrogen-bond donors (Lipinski definition) is 3. The standard InChI is InChI=1S/C30H41FN2O10/c1-18-13-22-21-9-8-19-14-20(34)10-11-27(19,2)29(21,31)23(35)15-28(22,3)30(18,39)24(36)17-42-26(38)16-32-25(37)7-5-4-6-12-43-33(40)41/h10-11,14,18,21-23,35,39H,4-9,12-13,15-17H2,1-3H3,(H,32,37)/t18-,21-,22-,23-,27-,28-,29-,30-/m0/s1. The Morgan fingerprint density at radius 2 is 1.93 bits per heavy atom. The lowest BCUT2D eigenvalue weighted by atomic mass is 9.44. The number of Topliss-reactive ketones (excluding diaryl/α,β-unsaturated/α-hetero) is 1. The van der Waals surface area contributed by atoms with E-state index in [1.54, 1.807) is 26.8 Å². The molecule has 0 aromatic heterocycles. The highest BCUT2D eigenvalue weighted by Gasteiger charge is 2.75. The Morgan fingerprint density at radius 3 is 2.63 bits per heavy atom. The number of halogens is 1. The molecule has 4 rings (SSSR count). The third-order valence-corrected chi connectivity index (χ3v) is 10.7. The zero-order valence-corrected chi connectivity index (χ0v) is 24.8. The number of fused-ring (bicyclic) bond motifs is 5. The quantitative estimate of drug-likeness (QED) is 0.129. The highest BCUT2D eigenvalue weighted by molar-refractivity contribution is 6.01. The fourth-order valence-electron chi connectivity index (χ4n) is 8.41. The van der Waals surface area contributed by atoms with Crippen molar-refractivity contribution < 1.29 is 48.4 Å². The molecule has 1 amide bonds. The number of aliphatic hydroxyl groups excluding tert-OH is 1. The third-order valence-electron chi connectivity index (χ3n) is 10.7. The summed E-state index contributed by atoms with van der Waals surface area (Å²) in [7, 11) is 0. The van der Waals surface area contributed by atoms with Crippen molar-refractivity contribution in [2.45, 2.75) is 89.5 Å². The zero-order chi connectivity index (χ0) is 31.8. The van der Waals surface area contributed by atoms with Crippen LogP contribution >= 0.6 is 0 Å². The van der Waals surface area contributed by atoms with Gasteiger partial charge in [0.1, 0.15) is 12.1 Å². The molecule has 0 aromatic carbocycles. The van der Waals surface area contributed by atoms with Gasteiger partial charge in [-0.3, -0.25) is 19.2 Å². The van der Waals surface area contributed by atoms with Gasteiger partial charge in [0.15, 0.2) is 18.1 Å². The Labute approximate surface area is 249 Å². The second kappa shape index (κ2) is 12.1. The van der Waals surface area contributed by atoms with Gasteiger partial charge in [0.25, 0.3) is 5.09 Å². The summed E-state index contributed by atoms with van der Waals surface area (Å²) in [4.78, 5) is 64.1. The summed E-state index contributed by atoms with van der Waals surface area (Å²) in [5, 5.41) is 35.0. The Morgan fingerprint density at radius 1 is 1.21 bits per heavy atom. The predicted octanol–water partition coefficient (Wildman–Crippen LogP) is 2.33. The summed E-state index contributed by atoms with van der Waals surface area (Å²) >= 11 is 0. The molecule has 3 saturated carbocycles. The molecule has 0 aromatic rings. The van der Waals surface area contributed by atoms with Crippen molar-refractivity contribution in [3.63, 3.8) is 0 Å². The van der Waals surface area contributed by atoms with Crippen LogP contribution in [0, 0.1) is 38.7 Å². The summed E-state index contributed by atoms with van der Waals surface area (Å²) in [5.41, 5.74) is -5.83. The molecule has 4 aliphatic carbocycles. The number of unbranched alkanes of at least 4 members (excludes halogenated alkanes) is 2. The van der Waals surface area contributed by atoms with Crippen molar-refractivity contribution in [3.05, 3.63) is 33.9 Å². The monoisotopic (exact) mass is 608 g/mol. The molecule has 8 atom stereocenters. The molecule has 0 saturated heterocycles. The predicted molar refractivity (Wildman–Crippen MR) is 148 cm³/mol. The van der Waals surface area contributed by atoms with E-state index in [4.69, 9.17) is 4.74 Å². The van der Waals surface area contributed by atoms with Crippen molar-refractivity contribution in [2.24, 2.45) is 28.6 Å². The van der Waals surface area contributed by atoms with Crippen LogP contribution in [0.4, 0.5) is 4.39 Å². The number of hydrogen-bond acceptors (Lipinski definition) is 10. The number of aliphatic hydroxyl groups is 2. The van der Waals surface area contributed by atoms with Gasteiger partial charge in [-0.05, 0) is 69.4 Å². The summed E-state index contributed by atoms with van der Waals surface area (Å²) in [5.74, 6) is -4.00. The van der Waals surface area contributed by atoms with Gasteiger partial charge in [-0.15, -0.1) is 10.1 Å². The number of nitrogens with zero attached hydrogens (tertiary/aromatic N) is 1. The van der Waals surface area contributed by atoms with E-state index in [-0.39, 0.29) is 25.2 Å². The van der Waals surface area contributed by atoms with Crippen LogP contribution < -0.4 is 5.32 Å². The van der Waals surface area contributed by atoms with Crippen LogP contribution in [0.1, 0.15) is 72.1 Å². The van der Waals surface area contributed by atoms with E-state index < -0.39 is 81.9 Å². The minimum Gasteiger partial charge on any atom is -0.456 e. The van der Waals surface area contributed by atoms with E-state index in [2.05, 4.69) is 10.2 Å². The van der Waals surface area contributed by atoms with Crippen LogP contribution in [0.3, 0.4) is 0 Å².